The molecule has 1 aromatic rings. The molecule has 1 rings (SSSR count). The second-order valence-electron chi connectivity index (χ2n) is 4.78. The van der Waals surface area contributed by atoms with E-state index in [1.165, 1.54) is 6.08 Å². The van der Waals surface area contributed by atoms with Gasteiger partial charge in [-0.1, -0.05) is 6.07 Å². The summed E-state index contributed by atoms with van der Waals surface area (Å²) >= 11 is 0. The lowest BCUT2D eigenvalue weighted by atomic mass is 10.0. The van der Waals surface area contributed by atoms with Gasteiger partial charge in [0, 0.05) is 24.3 Å². The van der Waals surface area contributed by atoms with Crippen molar-refractivity contribution in [1.29, 1.82) is 0 Å². The van der Waals surface area contributed by atoms with Crippen LogP contribution in [0.25, 0.3) is 6.08 Å². The Morgan fingerprint density at radius 2 is 2.14 bits per heavy atom. The summed E-state index contributed by atoms with van der Waals surface area (Å²) in [7, 11) is 0. The molecule has 0 heterocycles. The van der Waals surface area contributed by atoms with E-state index >= 15 is 0 Å². The Morgan fingerprint density at radius 3 is 2.76 bits per heavy atom. The van der Waals surface area contributed by atoms with Crippen LogP contribution in [0.4, 0.5) is 0 Å². The minimum Gasteiger partial charge on any atom is -0.478 e. The number of carbonyl (C=O) groups excluding carboxylic acids is 1. The fourth-order valence-electron chi connectivity index (χ4n) is 1.77. The molecule has 5 heteroatoms. The molecule has 0 aliphatic heterocycles. The van der Waals surface area contributed by atoms with Crippen LogP contribution < -0.4 is 5.32 Å². The van der Waals surface area contributed by atoms with Gasteiger partial charge in [-0.2, -0.15) is 0 Å². The smallest absolute Gasteiger partial charge is 0.328 e. The lowest BCUT2D eigenvalue weighted by Gasteiger charge is -2.14. The molecule has 0 bridgehead atoms. The first kappa shape index (κ1) is 16.9. The van der Waals surface area contributed by atoms with Crippen molar-refractivity contribution in [3.8, 4) is 0 Å². The fourth-order valence-corrected chi connectivity index (χ4v) is 1.77. The average Bonchev–Trinajstić information content (AvgIpc) is 2.43. The monoisotopic (exact) mass is 291 g/mol. The van der Waals surface area contributed by atoms with Crippen molar-refractivity contribution in [2.24, 2.45) is 0 Å². The number of carboxylic acids is 1. The zero-order valence-corrected chi connectivity index (χ0v) is 12.6. The van der Waals surface area contributed by atoms with Crippen LogP contribution in [0.1, 0.15) is 35.3 Å². The zero-order chi connectivity index (χ0) is 15.8. The van der Waals surface area contributed by atoms with Gasteiger partial charge in [-0.3, -0.25) is 4.79 Å². The lowest BCUT2D eigenvalue weighted by Crippen LogP contribution is -2.35. The van der Waals surface area contributed by atoms with E-state index in [9.17, 15) is 9.59 Å². The molecule has 21 heavy (non-hydrogen) atoms. The van der Waals surface area contributed by atoms with Crippen LogP contribution >= 0.6 is 0 Å². The van der Waals surface area contributed by atoms with Crippen LogP contribution in [0.15, 0.2) is 24.3 Å². The number of amides is 1. The molecule has 114 valence electrons. The first-order chi connectivity index (χ1) is 9.93. The Bertz CT molecular complexity index is 537. The largest absolute Gasteiger partial charge is 0.478 e. The molecule has 0 saturated carbocycles. The van der Waals surface area contributed by atoms with Crippen molar-refractivity contribution in [1.82, 2.24) is 5.32 Å². The number of carbonyl (C=O) groups is 2. The van der Waals surface area contributed by atoms with Gasteiger partial charge in [0.2, 0.25) is 0 Å². The summed E-state index contributed by atoms with van der Waals surface area (Å²) in [5.74, 6) is -1.22. The van der Waals surface area contributed by atoms with Crippen molar-refractivity contribution in [3.05, 3.63) is 41.0 Å². The number of benzene rings is 1. The normalized spacial score (nSPS) is 12.3. The van der Waals surface area contributed by atoms with Crippen LogP contribution in [0, 0.1) is 6.92 Å². The molecule has 0 aliphatic carbocycles. The molecule has 0 aliphatic rings. The van der Waals surface area contributed by atoms with Gasteiger partial charge in [0.25, 0.3) is 5.91 Å². The zero-order valence-electron chi connectivity index (χ0n) is 12.6. The predicted octanol–water partition coefficient (Wildman–Crippen LogP) is 2.25. The van der Waals surface area contributed by atoms with Gasteiger partial charge in [-0.25, -0.2) is 4.79 Å². The van der Waals surface area contributed by atoms with E-state index in [1.54, 1.807) is 18.2 Å². The van der Waals surface area contributed by atoms with E-state index in [0.717, 1.165) is 11.6 Å². The maximum absolute atomic E-state index is 12.1. The number of hydrogen-bond donors (Lipinski definition) is 2. The first-order valence-corrected chi connectivity index (χ1v) is 6.84. The second-order valence-corrected chi connectivity index (χ2v) is 4.78. The van der Waals surface area contributed by atoms with Gasteiger partial charge in [0.15, 0.2) is 0 Å². The molecular formula is C16H21NO4. The van der Waals surface area contributed by atoms with Crippen molar-refractivity contribution in [2.75, 3.05) is 13.2 Å². The molecule has 2 N–H and O–H groups in total. The predicted molar refractivity (Wildman–Crippen MR) is 81.3 cm³/mol. The Labute approximate surface area is 124 Å². The van der Waals surface area contributed by atoms with E-state index in [1.807, 2.05) is 20.8 Å². The third-order valence-corrected chi connectivity index (χ3v) is 2.90. The maximum Gasteiger partial charge on any atom is 0.328 e. The Balaban J connectivity index is 2.81. The number of aryl methyl sites for hydroxylation is 1. The molecule has 5 nitrogen and oxygen atoms in total. The van der Waals surface area contributed by atoms with Gasteiger partial charge in [0.05, 0.1) is 6.61 Å². The van der Waals surface area contributed by atoms with E-state index in [0.29, 0.717) is 24.3 Å². The summed E-state index contributed by atoms with van der Waals surface area (Å²) in [6, 6.07) is 5.11. The third kappa shape index (κ3) is 5.79. The van der Waals surface area contributed by atoms with Gasteiger partial charge in [0.1, 0.15) is 0 Å². The highest BCUT2D eigenvalue weighted by atomic mass is 16.5. The number of carboxylic acid groups (broad SMARTS) is 1. The van der Waals surface area contributed by atoms with Crippen molar-refractivity contribution >= 4 is 18.0 Å². The average molecular weight is 291 g/mol. The quantitative estimate of drug-likeness (QED) is 0.755. The standard InChI is InChI=1S/C16H21NO4/c1-4-21-10-12(3)17-16(20)14-6-5-11(2)13(9-14)7-8-15(18)19/h5-9,12H,4,10H2,1-3H3,(H,17,20)(H,18,19)/b8-7+. The van der Waals surface area contributed by atoms with Crippen molar-refractivity contribution < 1.29 is 19.4 Å². The molecule has 0 saturated heterocycles. The molecule has 0 spiro atoms. The van der Waals surface area contributed by atoms with E-state index in [4.69, 9.17) is 9.84 Å². The van der Waals surface area contributed by atoms with Gasteiger partial charge in [-0.05, 0) is 50.1 Å². The minimum atomic E-state index is -1.02. The summed E-state index contributed by atoms with van der Waals surface area (Å²) in [5.41, 5.74) is 2.11. The number of rotatable bonds is 7. The molecule has 0 aromatic heterocycles. The molecule has 1 unspecified atom stereocenters. The Kier molecular flexibility index (Phi) is 6.62. The van der Waals surface area contributed by atoms with E-state index in [2.05, 4.69) is 5.32 Å². The highest BCUT2D eigenvalue weighted by Crippen LogP contribution is 2.13. The number of aliphatic carboxylic acids is 1. The molecule has 0 radical (unpaired) electrons. The topological polar surface area (TPSA) is 75.6 Å². The van der Waals surface area contributed by atoms with Gasteiger partial charge < -0.3 is 15.2 Å². The van der Waals surface area contributed by atoms with Gasteiger partial charge >= 0.3 is 5.97 Å². The summed E-state index contributed by atoms with van der Waals surface area (Å²) in [6.45, 7) is 6.69. The summed E-state index contributed by atoms with van der Waals surface area (Å²) in [6.07, 6.45) is 2.54. The molecule has 1 amide bonds. The Hall–Kier alpha value is -2.14. The van der Waals surface area contributed by atoms with Crippen LogP contribution in [0.3, 0.4) is 0 Å². The molecule has 1 aromatic carbocycles. The van der Waals surface area contributed by atoms with Crippen LogP contribution in [-0.2, 0) is 9.53 Å². The van der Waals surface area contributed by atoms with E-state index in [-0.39, 0.29) is 11.9 Å². The third-order valence-electron chi connectivity index (χ3n) is 2.90. The second kappa shape index (κ2) is 8.21. The molecular weight excluding hydrogens is 270 g/mol. The number of hydrogen-bond acceptors (Lipinski definition) is 3. The van der Waals surface area contributed by atoms with Crippen LogP contribution in [-0.4, -0.2) is 36.2 Å². The summed E-state index contributed by atoms with van der Waals surface area (Å²) in [4.78, 5) is 22.7. The molecule has 0 fully saturated rings. The Morgan fingerprint density at radius 1 is 1.43 bits per heavy atom. The van der Waals surface area contributed by atoms with Crippen molar-refractivity contribution in [2.45, 2.75) is 26.8 Å². The summed E-state index contributed by atoms with van der Waals surface area (Å²) < 4.78 is 5.25. The van der Waals surface area contributed by atoms with Crippen LogP contribution in [0.5, 0.6) is 0 Å². The maximum atomic E-state index is 12.1. The number of ether oxygens (including phenoxy) is 1. The SMILES string of the molecule is CCOCC(C)NC(=O)c1ccc(C)c(/C=C/C(=O)O)c1. The number of nitrogens with one attached hydrogen (secondary N) is 1. The minimum absolute atomic E-state index is 0.0863. The van der Waals surface area contributed by atoms with Crippen LogP contribution in [0.2, 0.25) is 0 Å². The fraction of sp³-hybridized carbons (Fsp3) is 0.375. The van der Waals surface area contributed by atoms with E-state index < -0.39 is 5.97 Å². The van der Waals surface area contributed by atoms with Crippen molar-refractivity contribution in [3.63, 3.8) is 0 Å². The highest BCUT2D eigenvalue weighted by molar-refractivity contribution is 5.95. The summed E-state index contributed by atoms with van der Waals surface area (Å²) in [5, 5.41) is 11.5. The first-order valence-electron chi connectivity index (χ1n) is 6.84. The van der Waals surface area contributed by atoms with Gasteiger partial charge in [-0.15, -0.1) is 0 Å². The molecule has 1 atom stereocenters. The lowest BCUT2D eigenvalue weighted by molar-refractivity contribution is -0.131. The highest BCUT2D eigenvalue weighted by Gasteiger charge is 2.10.